The monoisotopic (exact) mass is 317 g/mol. The number of ether oxygens (including phenoxy) is 1. The van der Waals surface area contributed by atoms with Crippen LogP contribution >= 0.6 is 0 Å². The number of benzene rings is 1. The average Bonchev–Trinajstić information content (AvgIpc) is 2.49. The zero-order chi connectivity index (χ0) is 17.3. The molecule has 0 saturated carbocycles. The lowest BCUT2D eigenvalue weighted by Gasteiger charge is -2.27. The topological polar surface area (TPSA) is 65.4 Å². The van der Waals surface area contributed by atoms with E-state index in [9.17, 15) is 4.79 Å². The Hall–Kier alpha value is -2.06. The molecule has 0 saturated heterocycles. The van der Waals surface area contributed by atoms with Crippen molar-refractivity contribution in [1.82, 2.24) is 10.2 Å². The molecule has 0 aromatic heterocycles. The van der Waals surface area contributed by atoms with Gasteiger partial charge in [0.2, 0.25) is 0 Å². The van der Waals surface area contributed by atoms with Crippen LogP contribution in [0.5, 0.6) is 0 Å². The van der Waals surface area contributed by atoms with Crippen molar-refractivity contribution >= 4 is 6.09 Å². The second kappa shape index (κ2) is 9.16. The van der Waals surface area contributed by atoms with E-state index in [-0.39, 0.29) is 6.09 Å². The van der Waals surface area contributed by atoms with E-state index >= 15 is 0 Å². The van der Waals surface area contributed by atoms with Crippen molar-refractivity contribution in [3.8, 4) is 6.07 Å². The second-order valence-electron chi connectivity index (χ2n) is 6.45. The summed E-state index contributed by atoms with van der Waals surface area (Å²) in [6, 6.07) is 9.58. The van der Waals surface area contributed by atoms with Crippen LogP contribution in [0.2, 0.25) is 0 Å². The van der Waals surface area contributed by atoms with Crippen LogP contribution in [-0.4, -0.2) is 36.2 Å². The van der Waals surface area contributed by atoms with E-state index < -0.39 is 5.60 Å². The predicted molar refractivity (Wildman–Crippen MR) is 91.0 cm³/mol. The molecule has 0 spiro atoms. The highest BCUT2D eigenvalue weighted by Crippen LogP contribution is 2.10. The molecule has 1 amide bonds. The fourth-order valence-corrected chi connectivity index (χ4v) is 2.03. The molecule has 0 aliphatic heterocycles. The molecular weight excluding hydrogens is 290 g/mol. The van der Waals surface area contributed by atoms with Crippen LogP contribution in [0.25, 0.3) is 0 Å². The van der Waals surface area contributed by atoms with Gasteiger partial charge in [0.25, 0.3) is 0 Å². The second-order valence-corrected chi connectivity index (χ2v) is 6.45. The Morgan fingerprint density at radius 2 is 1.91 bits per heavy atom. The van der Waals surface area contributed by atoms with Crippen LogP contribution < -0.4 is 5.32 Å². The lowest BCUT2D eigenvalue weighted by molar-refractivity contribution is 0.0252. The minimum absolute atomic E-state index is 0.264. The number of nitriles is 1. The van der Waals surface area contributed by atoms with Crippen molar-refractivity contribution in [3.63, 3.8) is 0 Å². The van der Waals surface area contributed by atoms with E-state index in [1.165, 1.54) is 0 Å². The van der Waals surface area contributed by atoms with Crippen molar-refractivity contribution in [2.45, 2.75) is 46.3 Å². The van der Waals surface area contributed by atoms with Gasteiger partial charge in [0, 0.05) is 26.2 Å². The Balaban J connectivity index is 2.40. The number of hydrogen-bond donors (Lipinski definition) is 1. The third-order valence-electron chi connectivity index (χ3n) is 3.12. The molecule has 0 bridgehead atoms. The first-order valence-electron chi connectivity index (χ1n) is 8.03. The quantitative estimate of drug-likeness (QED) is 0.784. The van der Waals surface area contributed by atoms with Crippen LogP contribution in [0.15, 0.2) is 24.3 Å². The number of hydrogen-bond acceptors (Lipinski definition) is 4. The van der Waals surface area contributed by atoms with Gasteiger partial charge in [0.05, 0.1) is 11.6 Å². The molecule has 5 heteroatoms. The van der Waals surface area contributed by atoms with E-state index in [0.717, 1.165) is 12.0 Å². The highest BCUT2D eigenvalue weighted by molar-refractivity contribution is 5.68. The van der Waals surface area contributed by atoms with Crippen LogP contribution in [0.3, 0.4) is 0 Å². The fraction of sp³-hybridized carbons (Fsp3) is 0.556. The van der Waals surface area contributed by atoms with Gasteiger partial charge in [-0.2, -0.15) is 5.26 Å². The minimum Gasteiger partial charge on any atom is -0.444 e. The predicted octanol–water partition coefficient (Wildman–Crippen LogP) is 3.29. The molecule has 126 valence electrons. The van der Waals surface area contributed by atoms with Crippen LogP contribution in [-0.2, 0) is 11.3 Å². The summed E-state index contributed by atoms with van der Waals surface area (Å²) in [7, 11) is 0. The summed E-state index contributed by atoms with van der Waals surface area (Å²) in [4.78, 5) is 13.9. The first-order chi connectivity index (χ1) is 10.9. The van der Waals surface area contributed by atoms with Crippen molar-refractivity contribution in [2.75, 3.05) is 19.6 Å². The first-order valence-corrected chi connectivity index (χ1v) is 8.03. The summed E-state index contributed by atoms with van der Waals surface area (Å²) in [5.41, 5.74) is 1.30. The molecule has 5 nitrogen and oxygen atoms in total. The smallest absolute Gasteiger partial charge is 0.410 e. The van der Waals surface area contributed by atoms with E-state index in [0.29, 0.717) is 31.7 Å². The summed E-state index contributed by atoms with van der Waals surface area (Å²) in [5.74, 6) is 0. The molecule has 0 heterocycles. The van der Waals surface area contributed by atoms with E-state index in [4.69, 9.17) is 10.00 Å². The molecule has 0 aliphatic rings. The first kappa shape index (κ1) is 19.0. The van der Waals surface area contributed by atoms with Gasteiger partial charge in [-0.05, 0) is 44.9 Å². The zero-order valence-electron chi connectivity index (χ0n) is 14.6. The Morgan fingerprint density at radius 3 is 2.43 bits per heavy atom. The molecule has 1 aromatic carbocycles. The number of carbonyl (C=O) groups is 1. The molecule has 1 aromatic rings. The van der Waals surface area contributed by atoms with Gasteiger partial charge in [0.1, 0.15) is 5.60 Å². The number of rotatable bonds is 7. The molecule has 0 aliphatic carbocycles. The zero-order valence-corrected chi connectivity index (χ0v) is 14.6. The highest BCUT2D eigenvalue weighted by atomic mass is 16.6. The average molecular weight is 317 g/mol. The number of nitrogens with one attached hydrogen (secondary N) is 1. The van der Waals surface area contributed by atoms with Gasteiger partial charge in [-0.1, -0.05) is 19.1 Å². The Labute approximate surface area is 139 Å². The Bertz CT molecular complexity index is 527. The van der Waals surface area contributed by atoms with E-state index in [1.807, 2.05) is 39.8 Å². The van der Waals surface area contributed by atoms with Crippen LogP contribution in [0.1, 0.15) is 45.2 Å². The van der Waals surface area contributed by atoms with Gasteiger partial charge < -0.3 is 15.0 Å². The Morgan fingerprint density at radius 1 is 1.26 bits per heavy atom. The summed E-state index contributed by atoms with van der Waals surface area (Å²) in [6.07, 6.45) is 0.633. The maximum Gasteiger partial charge on any atom is 0.410 e. The third-order valence-corrected chi connectivity index (χ3v) is 3.12. The normalized spacial score (nSPS) is 10.9. The van der Waals surface area contributed by atoms with Crippen molar-refractivity contribution in [3.05, 3.63) is 35.4 Å². The van der Waals surface area contributed by atoms with Crippen molar-refractivity contribution in [1.29, 1.82) is 5.26 Å². The lowest BCUT2D eigenvalue weighted by Crippen LogP contribution is -2.40. The SMILES string of the molecule is CCCN(CCNCc1ccc(C#N)cc1)C(=O)OC(C)(C)C. The number of nitrogens with zero attached hydrogens (tertiary/aromatic N) is 2. The summed E-state index contributed by atoms with van der Waals surface area (Å²) >= 11 is 0. The third kappa shape index (κ3) is 7.66. The van der Waals surface area contributed by atoms with E-state index in [2.05, 4.69) is 11.4 Å². The molecular formula is C18H27N3O2. The fourth-order valence-electron chi connectivity index (χ4n) is 2.03. The van der Waals surface area contributed by atoms with Gasteiger partial charge >= 0.3 is 6.09 Å². The lowest BCUT2D eigenvalue weighted by atomic mass is 10.1. The number of carbonyl (C=O) groups excluding carboxylic acids is 1. The summed E-state index contributed by atoms with van der Waals surface area (Å²) in [6.45, 7) is 10.4. The van der Waals surface area contributed by atoms with Gasteiger partial charge in [0.15, 0.2) is 0 Å². The molecule has 23 heavy (non-hydrogen) atoms. The van der Waals surface area contributed by atoms with Crippen molar-refractivity contribution < 1.29 is 9.53 Å². The number of amides is 1. The van der Waals surface area contributed by atoms with E-state index in [1.54, 1.807) is 17.0 Å². The maximum absolute atomic E-state index is 12.1. The standard InChI is InChI=1S/C18H27N3O2/c1-5-11-21(17(22)23-18(2,3)4)12-10-20-14-16-8-6-15(13-19)7-9-16/h6-9,20H,5,10-12,14H2,1-4H3. The van der Waals surface area contributed by atoms with Crippen LogP contribution in [0.4, 0.5) is 4.79 Å². The molecule has 0 atom stereocenters. The highest BCUT2D eigenvalue weighted by Gasteiger charge is 2.21. The van der Waals surface area contributed by atoms with Crippen LogP contribution in [0, 0.1) is 11.3 Å². The molecule has 1 rings (SSSR count). The summed E-state index contributed by atoms with van der Waals surface area (Å²) in [5, 5.41) is 12.1. The summed E-state index contributed by atoms with van der Waals surface area (Å²) < 4.78 is 5.42. The molecule has 0 radical (unpaired) electrons. The Kier molecular flexibility index (Phi) is 7.56. The molecule has 1 N–H and O–H groups in total. The molecule has 0 unspecified atom stereocenters. The van der Waals surface area contributed by atoms with Crippen molar-refractivity contribution in [2.24, 2.45) is 0 Å². The minimum atomic E-state index is -0.473. The largest absolute Gasteiger partial charge is 0.444 e. The van der Waals surface area contributed by atoms with Gasteiger partial charge in [-0.3, -0.25) is 0 Å². The molecule has 0 fully saturated rings. The maximum atomic E-state index is 12.1. The van der Waals surface area contributed by atoms with Gasteiger partial charge in [-0.15, -0.1) is 0 Å². The van der Waals surface area contributed by atoms with Gasteiger partial charge in [-0.25, -0.2) is 4.79 Å².